The molecule has 1 aromatic rings. The molecule has 1 saturated heterocycles. The monoisotopic (exact) mass is 399 g/mol. The second-order valence-corrected chi connectivity index (χ2v) is 7.91. The number of aromatic nitrogens is 2. The van der Waals surface area contributed by atoms with Gasteiger partial charge >= 0.3 is 6.18 Å². The lowest BCUT2D eigenvalue weighted by molar-refractivity contribution is -0.141. The zero-order valence-electron chi connectivity index (χ0n) is 16.4. The third-order valence-electron chi connectivity index (χ3n) is 5.55. The fraction of sp³-hybridized carbons (Fsp3) is 0.737. The molecule has 0 unspecified atom stereocenters. The highest BCUT2D eigenvalue weighted by atomic mass is 19.4. The number of amides is 1. The summed E-state index contributed by atoms with van der Waals surface area (Å²) in [5, 5.41) is 3.13. The Morgan fingerprint density at radius 2 is 1.75 bits per heavy atom. The van der Waals surface area contributed by atoms with Crippen LogP contribution in [0.4, 0.5) is 24.9 Å². The van der Waals surface area contributed by atoms with Crippen LogP contribution in [0.25, 0.3) is 0 Å². The normalized spacial score (nSPS) is 19.5. The summed E-state index contributed by atoms with van der Waals surface area (Å²) in [5.41, 5.74) is -0.936. The minimum atomic E-state index is -4.52. The molecule has 2 heterocycles. The molecular formula is C19H28F3N5O. The lowest BCUT2D eigenvalue weighted by Crippen LogP contribution is -2.47. The van der Waals surface area contributed by atoms with Crippen molar-refractivity contribution in [2.75, 3.05) is 37.0 Å². The summed E-state index contributed by atoms with van der Waals surface area (Å²) in [6.45, 7) is 1.04. The molecule has 1 aliphatic carbocycles. The van der Waals surface area contributed by atoms with Crippen LogP contribution >= 0.6 is 0 Å². The molecule has 1 aromatic heterocycles. The van der Waals surface area contributed by atoms with E-state index in [9.17, 15) is 18.0 Å². The second-order valence-electron chi connectivity index (χ2n) is 7.91. The molecule has 0 spiro atoms. The Kier molecular flexibility index (Phi) is 6.30. The van der Waals surface area contributed by atoms with Gasteiger partial charge < -0.3 is 15.1 Å². The van der Waals surface area contributed by atoms with E-state index in [0.29, 0.717) is 25.9 Å². The van der Waals surface area contributed by atoms with Crippen LogP contribution in [0.15, 0.2) is 6.07 Å². The summed E-state index contributed by atoms with van der Waals surface area (Å²) < 4.78 is 39.6. The van der Waals surface area contributed by atoms with Crippen molar-refractivity contribution in [1.82, 2.24) is 15.3 Å². The van der Waals surface area contributed by atoms with Gasteiger partial charge in [0.05, 0.1) is 0 Å². The first-order valence-corrected chi connectivity index (χ1v) is 9.93. The molecule has 0 radical (unpaired) electrons. The van der Waals surface area contributed by atoms with Crippen molar-refractivity contribution in [2.45, 2.75) is 57.2 Å². The van der Waals surface area contributed by atoms with Crippen LogP contribution < -0.4 is 15.1 Å². The van der Waals surface area contributed by atoms with Crippen LogP contribution in [0.3, 0.4) is 0 Å². The van der Waals surface area contributed by atoms with Crippen molar-refractivity contribution >= 4 is 17.7 Å². The highest BCUT2D eigenvalue weighted by molar-refractivity contribution is 5.79. The topological polar surface area (TPSA) is 61.4 Å². The number of carbonyl (C=O) groups is 1. The summed E-state index contributed by atoms with van der Waals surface area (Å²) in [6.07, 6.45) is 2.16. The Bertz CT molecular complexity index is 681. The van der Waals surface area contributed by atoms with Gasteiger partial charge in [-0.25, -0.2) is 4.98 Å². The van der Waals surface area contributed by atoms with E-state index in [4.69, 9.17) is 0 Å². The van der Waals surface area contributed by atoms with Crippen LogP contribution in [0.5, 0.6) is 0 Å². The Morgan fingerprint density at radius 3 is 2.32 bits per heavy atom. The van der Waals surface area contributed by atoms with E-state index < -0.39 is 11.9 Å². The molecule has 156 valence electrons. The Hall–Kier alpha value is -2.06. The van der Waals surface area contributed by atoms with E-state index in [1.807, 2.05) is 0 Å². The van der Waals surface area contributed by atoms with Gasteiger partial charge in [0.2, 0.25) is 11.9 Å². The number of nitrogens with zero attached hydrogens (tertiary/aromatic N) is 4. The Labute approximate surface area is 163 Å². The van der Waals surface area contributed by atoms with Crippen LogP contribution in [0.1, 0.15) is 50.6 Å². The van der Waals surface area contributed by atoms with Crippen molar-refractivity contribution in [3.05, 3.63) is 11.8 Å². The van der Waals surface area contributed by atoms with Crippen LogP contribution in [-0.4, -0.2) is 49.1 Å². The SMILES string of the molecule is CN(C)c1cc(C(F)(F)F)nc(N2CCC(NC(=O)C3CCCCC3)CC2)n1. The smallest absolute Gasteiger partial charge is 0.363 e. The zero-order chi connectivity index (χ0) is 20.3. The third-order valence-corrected chi connectivity index (χ3v) is 5.55. The maximum Gasteiger partial charge on any atom is 0.433 e. The molecule has 3 rings (SSSR count). The van der Waals surface area contributed by atoms with Crippen molar-refractivity contribution in [1.29, 1.82) is 0 Å². The minimum Gasteiger partial charge on any atom is -0.363 e. The number of piperidine rings is 1. The van der Waals surface area contributed by atoms with Crippen LogP contribution in [-0.2, 0) is 11.0 Å². The lowest BCUT2D eigenvalue weighted by atomic mass is 9.88. The molecule has 1 N–H and O–H groups in total. The standard InChI is InChI=1S/C19H28F3N5O/c1-26(2)16-12-15(19(20,21)22)24-18(25-16)27-10-8-14(9-11-27)23-17(28)13-6-4-3-5-7-13/h12-14H,3-11H2,1-2H3,(H,23,28). The van der Waals surface area contributed by atoms with Gasteiger partial charge in [0.25, 0.3) is 0 Å². The first-order chi connectivity index (χ1) is 13.2. The number of carbonyl (C=O) groups excluding carboxylic acids is 1. The van der Waals surface area contributed by atoms with Crippen LogP contribution in [0.2, 0.25) is 0 Å². The van der Waals surface area contributed by atoms with Gasteiger partial charge in [0.15, 0.2) is 5.69 Å². The third kappa shape index (κ3) is 5.05. The second kappa shape index (κ2) is 8.53. The number of rotatable bonds is 4. The average Bonchev–Trinajstić information content (AvgIpc) is 2.68. The number of nitrogens with one attached hydrogen (secondary N) is 1. The number of halogens is 3. The predicted octanol–water partition coefficient (Wildman–Crippen LogP) is 3.23. The van der Waals surface area contributed by atoms with E-state index in [1.54, 1.807) is 19.0 Å². The van der Waals surface area contributed by atoms with Crippen molar-refractivity contribution < 1.29 is 18.0 Å². The van der Waals surface area contributed by atoms with Crippen LogP contribution in [0, 0.1) is 5.92 Å². The van der Waals surface area contributed by atoms with Gasteiger partial charge in [-0.2, -0.15) is 18.2 Å². The van der Waals surface area contributed by atoms with E-state index in [1.165, 1.54) is 11.3 Å². The van der Waals surface area contributed by atoms with Crippen molar-refractivity contribution in [3.63, 3.8) is 0 Å². The Morgan fingerprint density at radius 1 is 1.11 bits per heavy atom. The van der Waals surface area contributed by atoms with Gasteiger partial charge in [-0.3, -0.25) is 4.79 Å². The quantitative estimate of drug-likeness (QED) is 0.842. The molecule has 0 atom stereocenters. The highest BCUT2D eigenvalue weighted by Crippen LogP contribution is 2.31. The molecule has 2 aliphatic rings. The molecule has 1 amide bonds. The lowest BCUT2D eigenvalue weighted by Gasteiger charge is -2.34. The molecular weight excluding hydrogens is 371 g/mol. The first kappa shape index (κ1) is 20.7. The molecule has 1 aliphatic heterocycles. The molecule has 28 heavy (non-hydrogen) atoms. The number of hydrogen-bond donors (Lipinski definition) is 1. The van der Waals surface area contributed by atoms with Gasteiger partial charge in [-0.1, -0.05) is 19.3 Å². The summed E-state index contributed by atoms with van der Waals surface area (Å²) in [5.74, 6) is 0.560. The maximum absolute atomic E-state index is 13.2. The summed E-state index contributed by atoms with van der Waals surface area (Å²) in [4.78, 5) is 23.8. The zero-order valence-corrected chi connectivity index (χ0v) is 16.4. The van der Waals surface area contributed by atoms with Gasteiger partial charge in [-0.05, 0) is 25.7 Å². The minimum absolute atomic E-state index is 0.0600. The van der Waals surface area contributed by atoms with Crippen molar-refractivity contribution in [2.24, 2.45) is 5.92 Å². The number of anilines is 2. The first-order valence-electron chi connectivity index (χ1n) is 9.93. The molecule has 6 nitrogen and oxygen atoms in total. The summed E-state index contributed by atoms with van der Waals surface area (Å²) in [6, 6.07) is 1.02. The fourth-order valence-electron chi connectivity index (χ4n) is 3.85. The van der Waals surface area contributed by atoms with E-state index in [-0.39, 0.29) is 29.6 Å². The highest BCUT2D eigenvalue weighted by Gasteiger charge is 2.35. The van der Waals surface area contributed by atoms with E-state index in [0.717, 1.165) is 31.7 Å². The van der Waals surface area contributed by atoms with Gasteiger partial charge in [-0.15, -0.1) is 0 Å². The Balaban J connectivity index is 1.62. The molecule has 1 saturated carbocycles. The molecule has 0 aromatic carbocycles. The molecule has 2 fully saturated rings. The van der Waals surface area contributed by atoms with Gasteiger partial charge in [0, 0.05) is 45.2 Å². The average molecular weight is 399 g/mol. The molecule has 9 heteroatoms. The van der Waals surface area contributed by atoms with E-state index in [2.05, 4.69) is 15.3 Å². The van der Waals surface area contributed by atoms with Gasteiger partial charge in [0.1, 0.15) is 5.82 Å². The summed E-state index contributed by atoms with van der Waals surface area (Å²) >= 11 is 0. The molecule has 0 bridgehead atoms. The van der Waals surface area contributed by atoms with E-state index >= 15 is 0 Å². The number of alkyl halides is 3. The largest absolute Gasteiger partial charge is 0.433 e. The van der Waals surface area contributed by atoms with Crippen molar-refractivity contribution in [3.8, 4) is 0 Å². The number of hydrogen-bond acceptors (Lipinski definition) is 5. The maximum atomic E-state index is 13.2. The fourth-order valence-corrected chi connectivity index (χ4v) is 3.85. The summed E-state index contributed by atoms with van der Waals surface area (Å²) in [7, 11) is 3.30. The predicted molar refractivity (Wildman–Crippen MR) is 101 cm³/mol.